The van der Waals surface area contributed by atoms with Gasteiger partial charge in [0.05, 0.1) is 12.7 Å². The van der Waals surface area contributed by atoms with Gasteiger partial charge in [-0.2, -0.15) is 8.78 Å². The van der Waals surface area contributed by atoms with Crippen LogP contribution < -0.4 is 0 Å². The van der Waals surface area contributed by atoms with Crippen LogP contribution in [0.1, 0.15) is 26.2 Å². The largest absolute Gasteiger partial charge is 0.465 e. The Morgan fingerprint density at radius 2 is 2.00 bits per heavy atom. The smallest absolute Gasteiger partial charge is 0.345 e. The van der Waals surface area contributed by atoms with Crippen LogP contribution in [0.4, 0.5) is 8.78 Å². The first-order chi connectivity index (χ1) is 8.99. The molecule has 108 valence electrons. The molecule has 1 saturated carbocycles. The first-order valence-electron chi connectivity index (χ1n) is 6.40. The standard InChI is InChI=1S/C12H17F2NO4/c1-2-18-10(17)12(4-3-5-12)9(16)15-6-8(7-15)19-11(13)14/h8,11H,2-7H2,1H3. The third kappa shape index (κ3) is 2.56. The maximum Gasteiger partial charge on any atom is 0.345 e. The number of rotatable bonds is 5. The molecule has 7 heteroatoms. The molecule has 1 amide bonds. The Morgan fingerprint density at radius 3 is 2.42 bits per heavy atom. The van der Waals surface area contributed by atoms with E-state index < -0.39 is 24.1 Å². The van der Waals surface area contributed by atoms with Gasteiger partial charge in [-0.25, -0.2) is 0 Å². The maximum atomic E-state index is 12.3. The number of hydrogen-bond donors (Lipinski definition) is 0. The fraction of sp³-hybridized carbons (Fsp3) is 0.833. The number of hydrogen-bond acceptors (Lipinski definition) is 4. The van der Waals surface area contributed by atoms with Crippen molar-refractivity contribution in [3.8, 4) is 0 Å². The van der Waals surface area contributed by atoms with Gasteiger partial charge < -0.3 is 14.4 Å². The summed E-state index contributed by atoms with van der Waals surface area (Å²) < 4.78 is 33.2. The Kier molecular flexibility index (Phi) is 4.03. The number of nitrogens with zero attached hydrogens (tertiary/aromatic N) is 1. The second kappa shape index (κ2) is 5.40. The highest BCUT2D eigenvalue weighted by Gasteiger charge is 2.55. The molecule has 1 aliphatic heterocycles. The highest BCUT2D eigenvalue weighted by atomic mass is 19.3. The number of halogens is 2. The van der Waals surface area contributed by atoms with E-state index in [1.165, 1.54) is 4.90 Å². The number of carbonyl (C=O) groups excluding carboxylic acids is 2. The highest BCUT2D eigenvalue weighted by molar-refractivity contribution is 6.03. The molecule has 0 aromatic heterocycles. The first kappa shape index (κ1) is 14.2. The topological polar surface area (TPSA) is 55.8 Å². The lowest BCUT2D eigenvalue weighted by molar-refractivity contribution is -0.206. The van der Waals surface area contributed by atoms with Gasteiger partial charge >= 0.3 is 12.6 Å². The summed E-state index contributed by atoms with van der Waals surface area (Å²) in [6.07, 6.45) is 1.11. The Bertz CT molecular complexity index is 365. The van der Waals surface area contributed by atoms with E-state index in [0.29, 0.717) is 12.8 Å². The van der Waals surface area contributed by atoms with Crippen molar-refractivity contribution in [1.29, 1.82) is 0 Å². The lowest BCUT2D eigenvalue weighted by atomic mass is 9.67. The SMILES string of the molecule is CCOC(=O)C1(C(=O)N2CC(OC(F)F)C2)CCC1. The number of esters is 1. The minimum absolute atomic E-state index is 0.115. The molecule has 0 spiro atoms. The molecule has 5 nitrogen and oxygen atoms in total. The summed E-state index contributed by atoms with van der Waals surface area (Å²) in [6.45, 7) is -0.685. The summed E-state index contributed by atoms with van der Waals surface area (Å²) in [5.41, 5.74) is -1.08. The second-order valence-electron chi connectivity index (χ2n) is 4.89. The molecule has 19 heavy (non-hydrogen) atoms. The van der Waals surface area contributed by atoms with Gasteiger partial charge in [0.1, 0.15) is 5.41 Å². The molecule has 0 radical (unpaired) electrons. The van der Waals surface area contributed by atoms with Gasteiger partial charge in [0.25, 0.3) is 0 Å². The minimum Gasteiger partial charge on any atom is -0.465 e. The van der Waals surface area contributed by atoms with Gasteiger partial charge in [-0.15, -0.1) is 0 Å². The fourth-order valence-corrected chi connectivity index (χ4v) is 2.44. The van der Waals surface area contributed by atoms with Crippen LogP contribution in [-0.2, 0) is 19.1 Å². The second-order valence-corrected chi connectivity index (χ2v) is 4.89. The van der Waals surface area contributed by atoms with Crippen molar-refractivity contribution in [3.05, 3.63) is 0 Å². The summed E-state index contributed by atoms with van der Waals surface area (Å²) in [5, 5.41) is 0. The van der Waals surface area contributed by atoms with Gasteiger partial charge in [-0.1, -0.05) is 6.42 Å². The Balaban J connectivity index is 1.91. The van der Waals surface area contributed by atoms with Crippen molar-refractivity contribution < 1.29 is 27.8 Å². The van der Waals surface area contributed by atoms with Crippen molar-refractivity contribution in [3.63, 3.8) is 0 Å². The molecule has 1 saturated heterocycles. The zero-order valence-electron chi connectivity index (χ0n) is 10.7. The molecule has 0 atom stereocenters. The fourth-order valence-electron chi connectivity index (χ4n) is 2.44. The van der Waals surface area contributed by atoms with Crippen LogP contribution in [0.15, 0.2) is 0 Å². The molecular formula is C12H17F2NO4. The molecular weight excluding hydrogens is 260 g/mol. The van der Waals surface area contributed by atoms with Crippen LogP contribution in [0.3, 0.4) is 0 Å². The first-order valence-corrected chi connectivity index (χ1v) is 6.40. The quantitative estimate of drug-likeness (QED) is 0.559. The van der Waals surface area contributed by atoms with E-state index >= 15 is 0 Å². The predicted octanol–water partition coefficient (Wildman–Crippen LogP) is 1.17. The van der Waals surface area contributed by atoms with E-state index in [4.69, 9.17) is 4.74 Å². The van der Waals surface area contributed by atoms with E-state index in [1.54, 1.807) is 6.92 Å². The summed E-state index contributed by atoms with van der Waals surface area (Å²) in [4.78, 5) is 25.5. The Labute approximate surface area is 109 Å². The van der Waals surface area contributed by atoms with Gasteiger partial charge in [0.15, 0.2) is 0 Å². The number of alkyl halides is 2. The van der Waals surface area contributed by atoms with E-state index in [1.807, 2.05) is 0 Å². The van der Waals surface area contributed by atoms with Gasteiger partial charge in [-0.3, -0.25) is 9.59 Å². The molecule has 2 rings (SSSR count). The average Bonchev–Trinajstić information content (AvgIpc) is 2.21. The van der Waals surface area contributed by atoms with E-state index in [-0.39, 0.29) is 25.6 Å². The molecule has 0 aromatic carbocycles. The van der Waals surface area contributed by atoms with Gasteiger partial charge in [-0.05, 0) is 19.8 Å². The van der Waals surface area contributed by atoms with Crippen molar-refractivity contribution >= 4 is 11.9 Å². The van der Waals surface area contributed by atoms with Crippen molar-refractivity contribution in [2.24, 2.45) is 5.41 Å². The molecule has 0 N–H and O–H groups in total. The number of carbonyl (C=O) groups is 2. The monoisotopic (exact) mass is 277 g/mol. The lowest BCUT2D eigenvalue weighted by Crippen LogP contribution is -2.62. The Hall–Kier alpha value is -1.24. The minimum atomic E-state index is -2.83. The molecule has 1 aliphatic carbocycles. The number of ether oxygens (including phenoxy) is 2. The van der Waals surface area contributed by atoms with Crippen LogP contribution in [0, 0.1) is 5.41 Å². The van der Waals surface area contributed by atoms with Crippen LogP contribution in [0.25, 0.3) is 0 Å². The van der Waals surface area contributed by atoms with Crippen LogP contribution >= 0.6 is 0 Å². The van der Waals surface area contributed by atoms with Crippen molar-refractivity contribution in [1.82, 2.24) is 4.90 Å². The predicted molar refractivity (Wildman–Crippen MR) is 60.4 cm³/mol. The average molecular weight is 277 g/mol. The highest BCUT2D eigenvalue weighted by Crippen LogP contribution is 2.44. The van der Waals surface area contributed by atoms with E-state index in [2.05, 4.69) is 4.74 Å². The van der Waals surface area contributed by atoms with Crippen molar-refractivity contribution in [2.75, 3.05) is 19.7 Å². The van der Waals surface area contributed by atoms with E-state index in [0.717, 1.165) is 6.42 Å². The van der Waals surface area contributed by atoms with Crippen molar-refractivity contribution in [2.45, 2.75) is 38.9 Å². The van der Waals surface area contributed by atoms with Crippen LogP contribution in [-0.4, -0.2) is 49.2 Å². The van der Waals surface area contributed by atoms with Crippen LogP contribution in [0.2, 0.25) is 0 Å². The summed E-state index contributed by atoms with van der Waals surface area (Å²) >= 11 is 0. The van der Waals surface area contributed by atoms with Gasteiger partial charge in [0, 0.05) is 13.1 Å². The molecule has 2 fully saturated rings. The Morgan fingerprint density at radius 1 is 1.37 bits per heavy atom. The molecule has 1 heterocycles. The molecule has 2 aliphatic rings. The molecule has 0 unspecified atom stereocenters. The summed E-state index contributed by atoms with van der Waals surface area (Å²) in [7, 11) is 0. The summed E-state index contributed by atoms with van der Waals surface area (Å²) in [6, 6.07) is 0. The van der Waals surface area contributed by atoms with Gasteiger partial charge in [0.2, 0.25) is 5.91 Å². The lowest BCUT2D eigenvalue weighted by Gasteiger charge is -2.46. The zero-order valence-corrected chi connectivity index (χ0v) is 10.7. The maximum absolute atomic E-state index is 12.3. The number of likely N-dealkylation sites (tertiary alicyclic amines) is 1. The van der Waals surface area contributed by atoms with Crippen LogP contribution in [0.5, 0.6) is 0 Å². The molecule has 0 aromatic rings. The van der Waals surface area contributed by atoms with E-state index in [9.17, 15) is 18.4 Å². The zero-order chi connectivity index (χ0) is 14.0. The third-order valence-corrected chi connectivity index (χ3v) is 3.71. The number of amides is 1. The normalized spacial score (nSPS) is 21.8. The molecule has 0 bridgehead atoms. The third-order valence-electron chi connectivity index (χ3n) is 3.71. The summed E-state index contributed by atoms with van der Waals surface area (Å²) in [5.74, 6) is -0.809.